The van der Waals surface area contributed by atoms with Crippen LogP contribution in [0.3, 0.4) is 0 Å². The molecule has 2 nitrogen and oxygen atoms in total. The van der Waals surface area contributed by atoms with Crippen molar-refractivity contribution in [3.8, 4) is 0 Å². The second kappa shape index (κ2) is 7.54. The lowest BCUT2D eigenvalue weighted by Gasteiger charge is -2.46. The molecule has 0 bridgehead atoms. The van der Waals surface area contributed by atoms with Crippen molar-refractivity contribution in [3.63, 3.8) is 0 Å². The second-order valence-corrected chi connectivity index (χ2v) is 8.64. The zero-order chi connectivity index (χ0) is 19.6. The minimum Gasteiger partial charge on any atom is -0.395 e. The number of likely N-dealkylation sites (tertiary alicyclic amines) is 1. The lowest BCUT2D eigenvalue weighted by atomic mass is 9.75. The van der Waals surface area contributed by atoms with Crippen LogP contribution in [0.15, 0.2) is 91.0 Å². The number of aliphatic hydroxyl groups excluding tert-OH is 1. The minimum atomic E-state index is -0.440. The van der Waals surface area contributed by atoms with E-state index >= 15 is 0 Å². The molecule has 0 spiro atoms. The van der Waals surface area contributed by atoms with Crippen LogP contribution in [0, 0.1) is 5.41 Å². The molecule has 0 amide bonds. The van der Waals surface area contributed by atoms with Crippen molar-refractivity contribution in [2.45, 2.75) is 31.8 Å². The van der Waals surface area contributed by atoms with E-state index in [-0.39, 0.29) is 18.1 Å². The second-order valence-electron chi connectivity index (χ2n) is 8.64. The first kappa shape index (κ1) is 18.9. The van der Waals surface area contributed by atoms with Gasteiger partial charge in [0.1, 0.15) is 0 Å². The van der Waals surface area contributed by atoms with Crippen LogP contribution < -0.4 is 0 Å². The Morgan fingerprint density at radius 3 is 1.54 bits per heavy atom. The molecule has 1 aliphatic rings. The van der Waals surface area contributed by atoms with Crippen LogP contribution in [0.5, 0.6) is 0 Å². The first-order valence-corrected chi connectivity index (χ1v) is 10.1. The molecule has 3 aromatic rings. The molecule has 1 aliphatic heterocycles. The number of aliphatic hydroxyl groups is 1. The topological polar surface area (TPSA) is 23.5 Å². The average molecular weight is 372 g/mol. The average Bonchev–Trinajstić information content (AvgIpc) is 3.06. The molecule has 28 heavy (non-hydrogen) atoms. The van der Waals surface area contributed by atoms with Crippen LogP contribution in [0.25, 0.3) is 0 Å². The van der Waals surface area contributed by atoms with Crippen LogP contribution >= 0.6 is 0 Å². The third kappa shape index (κ3) is 3.17. The third-order valence-electron chi connectivity index (χ3n) is 6.04. The molecule has 3 aromatic carbocycles. The summed E-state index contributed by atoms with van der Waals surface area (Å²) in [5, 5.41) is 10.3. The van der Waals surface area contributed by atoms with Crippen LogP contribution in [-0.2, 0) is 5.54 Å². The van der Waals surface area contributed by atoms with Crippen molar-refractivity contribution in [1.82, 2.24) is 4.90 Å². The Bertz CT molecular complexity index is 793. The van der Waals surface area contributed by atoms with E-state index in [2.05, 4.69) is 110 Å². The summed E-state index contributed by atoms with van der Waals surface area (Å²) in [6, 6.07) is 32.3. The molecule has 0 aliphatic carbocycles. The lowest BCUT2D eigenvalue weighted by molar-refractivity contribution is 0.0903. The van der Waals surface area contributed by atoms with Gasteiger partial charge in [-0.1, -0.05) is 105 Å². The van der Waals surface area contributed by atoms with E-state index in [0.717, 1.165) is 13.0 Å². The Morgan fingerprint density at radius 1 is 0.786 bits per heavy atom. The fraction of sp³-hybridized carbons (Fsp3) is 0.308. The Kier molecular flexibility index (Phi) is 5.09. The highest BCUT2D eigenvalue weighted by molar-refractivity contribution is 5.50. The maximum Gasteiger partial charge on any atom is 0.0976 e. The summed E-state index contributed by atoms with van der Waals surface area (Å²) >= 11 is 0. The summed E-state index contributed by atoms with van der Waals surface area (Å²) in [5.41, 5.74) is 3.43. The van der Waals surface area contributed by atoms with Gasteiger partial charge in [0.05, 0.1) is 12.1 Å². The monoisotopic (exact) mass is 371 g/mol. The number of hydrogen-bond donors (Lipinski definition) is 1. The van der Waals surface area contributed by atoms with E-state index in [1.165, 1.54) is 16.7 Å². The summed E-state index contributed by atoms with van der Waals surface area (Å²) in [6.07, 6.45) is 0.984. The predicted molar refractivity (Wildman–Crippen MR) is 115 cm³/mol. The van der Waals surface area contributed by atoms with Gasteiger partial charge in [-0.3, -0.25) is 4.90 Å². The first-order chi connectivity index (χ1) is 13.6. The van der Waals surface area contributed by atoms with Crippen molar-refractivity contribution in [2.24, 2.45) is 5.41 Å². The fourth-order valence-electron chi connectivity index (χ4n) is 4.99. The standard InChI is InChI=1S/C26H29NO/c1-25(2)18-24(19-28)27(20-25)26(21-12-6-3-7-13-21,22-14-8-4-9-15-22)23-16-10-5-11-17-23/h3-17,24,28H,18-20H2,1-2H3/t24-/m0/s1. The van der Waals surface area contributed by atoms with Gasteiger partial charge in [0.15, 0.2) is 0 Å². The van der Waals surface area contributed by atoms with Crippen molar-refractivity contribution in [1.29, 1.82) is 0 Å². The lowest BCUT2D eigenvalue weighted by Crippen LogP contribution is -2.51. The largest absolute Gasteiger partial charge is 0.395 e. The molecular formula is C26H29NO. The predicted octanol–water partition coefficient (Wildman–Crippen LogP) is 5.07. The summed E-state index contributed by atoms with van der Waals surface area (Å²) in [7, 11) is 0. The quantitative estimate of drug-likeness (QED) is 0.633. The van der Waals surface area contributed by atoms with Gasteiger partial charge in [-0.2, -0.15) is 0 Å². The van der Waals surface area contributed by atoms with Gasteiger partial charge in [-0.25, -0.2) is 0 Å². The fourth-order valence-corrected chi connectivity index (χ4v) is 4.99. The van der Waals surface area contributed by atoms with E-state index in [0.29, 0.717) is 0 Å². The van der Waals surface area contributed by atoms with E-state index in [1.807, 2.05) is 0 Å². The normalized spacial score (nSPS) is 19.6. The van der Waals surface area contributed by atoms with Crippen LogP contribution in [0.2, 0.25) is 0 Å². The SMILES string of the molecule is CC1(C)C[C@@H](CO)N(C(c2ccccc2)(c2ccccc2)c2ccccc2)C1. The molecule has 1 atom stereocenters. The molecule has 0 saturated carbocycles. The van der Waals surface area contributed by atoms with Crippen molar-refractivity contribution in [3.05, 3.63) is 108 Å². The zero-order valence-corrected chi connectivity index (χ0v) is 16.8. The van der Waals surface area contributed by atoms with E-state index in [1.54, 1.807) is 0 Å². The minimum absolute atomic E-state index is 0.107. The smallest absolute Gasteiger partial charge is 0.0976 e. The summed E-state index contributed by atoms with van der Waals surface area (Å²) < 4.78 is 0. The third-order valence-corrected chi connectivity index (χ3v) is 6.04. The summed E-state index contributed by atoms with van der Waals surface area (Å²) in [5.74, 6) is 0. The molecule has 1 saturated heterocycles. The van der Waals surface area contributed by atoms with Gasteiger partial charge in [0.25, 0.3) is 0 Å². The zero-order valence-electron chi connectivity index (χ0n) is 16.8. The van der Waals surface area contributed by atoms with Gasteiger partial charge < -0.3 is 5.11 Å². The Balaban J connectivity index is 2.05. The molecule has 0 radical (unpaired) electrons. The molecule has 1 heterocycles. The summed E-state index contributed by atoms with van der Waals surface area (Å²) in [4.78, 5) is 2.53. The Labute approximate surface area is 168 Å². The Morgan fingerprint density at radius 2 is 1.18 bits per heavy atom. The van der Waals surface area contributed by atoms with Gasteiger partial charge in [-0.15, -0.1) is 0 Å². The van der Waals surface area contributed by atoms with Crippen LogP contribution in [0.4, 0.5) is 0 Å². The van der Waals surface area contributed by atoms with E-state index < -0.39 is 5.54 Å². The van der Waals surface area contributed by atoms with Gasteiger partial charge in [0, 0.05) is 12.6 Å². The molecule has 1 N–H and O–H groups in total. The van der Waals surface area contributed by atoms with Crippen molar-refractivity contribution in [2.75, 3.05) is 13.2 Å². The molecule has 0 unspecified atom stereocenters. The molecule has 1 fully saturated rings. The molecular weight excluding hydrogens is 342 g/mol. The van der Waals surface area contributed by atoms with Crippen molar-refractivity contribution >= 4 is 0 Å². The molecule has 4 rings (SSSR count). The maximum absolute atomic E-state index is 10.3. The maximum atomic E-state index is 10.3. The van der Waals surface area contributed by atoms with Crippen molar-refractivity contribution < 1.29 is 5.11 Å². The number of benzene rings is 3. The van der Waals surface area contributed by atoms with Gasteiger partial charge in [0.2, 0.25) is 0 Å². The van der Waals surface area contributed by atoms with Gasteiger partial charge in [-0.05, 0) is 28.5 Å². The summed E-state index contributed by atoms with van der Waals surface area (Å²) in [6.45, 7) is 5.71. The van der Waals surface area contributed by atoms with E-state index in [9.17, 15) is 5.11 Å². The first-order valence-electron chi connectivity index (χ1n) is 10.1. The molecule has 144 valence electrons. The highest BCUT2D eigenvalue weighted by atomic mass is 16.3. The van der Waals surface area contributed by atoms with Gasteiger partial charge >= 0.3 is 0 Å². The highest BCUT2D eigenvalue weighted by Gasteiger charge is 2.50. The number of rotatable bonds is 5. The number of nitrogens with zero attached hydrogens (tertiary/aromatic N) is 1. The molecule has 2 heteroatoms. The van der Waals surface area contributed by atoms with Crippen LogP contribution in [-0.4, -0.2) is 29.2 Å². The Hall–Kier alpha value is -2.42. The van der Waals surface area contributed by atoms with Crippen LogP contribution in [0.1, 0.15) is 37.0 Å². The van der Waals surface area contributed by atoms with E-state index in [4.69, 9.17) is 0 Å². The number of hydrogen-bond acceptors (Lipinski definition) is 2. The highest BCUT2D eigenvalue weighted by Crippen LogP contribution is 2.49. The molecule has 0 aromatic heterocycles.